The summed E-state index contributed by atoms with van der Waals surface area (Å²) in [6.45, 7) is -1.40. The van der Waals surface area contributed by atoms with Gasteiger partial charge in [-0.2, -0.15) is 44.6 Å². The predicted molar refractivity (Wildman–Crippen MR) is 103 cm³/mol. The number of nitrogens with zero attached hydrogens (tertiary/aromatic N) is 3. The summed E-state index contributed by atoms with van der Waals surface area (Å²) in [5, 5.41) is 13.0. The highest BCUT2D eigenvalue weighted by Gasteiger charge is 2.82. The molecule has 3 aromatic rings. The minimum atomic E-state index is -7.12. The minimum Gasteiger partial charge on any atom is -0.392 e. The molecule has 2 aromatic carbocycles. The number of hydrogen-bond acceptors (Lipinski definition) is 3. The van der Waals surface area contributed by atoms with Gasteiger partial charge >= 0.3 is 23.9 Å². The van der Waals surface area contributed by atoms with Crippen molar-refractivity contribution in [3.05, 3.63) is 58.4 Å². The zero-order valence-corrected chi connectivity index (χ0v) is 17.9. The zero-order chi connectivity index (χ0) is 26.6. The number of aromatic nitrogens is 3. The van der Waals surface area contributed by atoms with Crippen molar-refractivity contribution in [3.8, 4) is 22.8 Å². The van der Waals surface area contributed by atoms with Crippen LogP contribution in [0.5, 0.6) is 0 Å². The molecule has 0 atom stereocenters. The highest BCUT2D eigenvalue weighted by atomic mass is 35.5. The molecule has 0 bridgehead atoms. The second kappa shape index (κ2) is 8.66. The van der Waals surface area contributed by atoms with E-state index in [1.54, 1.807) is 0 Å². The van der Waals surface area contributed by atoms with Crippen molar-refractivity contribution in [2.75, 3.05) is 0 Å². The molecule has 0 amide bonds. The van der Waals surface area contributed by atoms with Gasteiger partial charge < -0.3 is 5.11 Å². The topological polar surface area (TPSA) is 50.9 Å². The molecule has 190 valence electrons. The van der Waals surface area contributed by atoms with Gasteiger partial charge in [0.1, 0.15) is 5.82 Å². The molecule has 0 radical (unpaired) electrons. The van der Waals surface area contributed by atoms with Crippen molar-refractivity contribution in [1.29, 1.82) is 0 Å². The first kappa shape index (κ1) is 26.7. The summed E-state index contributed by atoms with van der Waals surface area (Å²) in [5.41, 5.74) is -3.84. The van der Waals surface area contributed by atoms with Crippen LogP contribution in [0.2, 0.25) is 5.02 Å². The van der Waals surface area contributed by atoms with E-state index in [-0.39, 0.29) is 28.3 Å². The molecule has 0 aliphatic carbocycles. The molecule has 0 spiro atoms. The van der Waals surface area contributed by atoms with Gasteiger partial charge in [0.15, 0.2) is 11.6 Å². The SMILES string of the molecule is Cn1nc(-c2c(F)cccc2Cl)nc1-c1ccc(CO)c(C(F)(F)C(F)(F)C(F)(F)C(F)(F)F)c1. The van der Waals surface area contributed by atoms with Gasteiger partial charge in [-0.05, 0) is 23.8 Å². The molecular formula is C20H12ClF10N3O. The van der Waals surface area contributed by atoms with E-state index in [1.165, 1.54) is 19.2 Å². The third-order valence-corrected chi connectivity index (χ3v) is 5.29. The largest absolute Gasteiger partial charge is 0.460 e. The lowest BCUT2D eigenvalue weighted by atomic mass is 9.91. The Labute approximate surface area is 194 Å². The smallest absolute Gasteiger partial charge is 0.392 e. The van der Waals surface area contributed by atoms with E-state index < -0.39 is 53.1 Å². The van der Waals surface area contributed by atoms with Crippen LogP contribution in [0.4, 0.5) is 43.9 Å². The fourth-order valence-corrected chi connectivity index (χ4v) is 3.39. The molecule has 0 saturated heterocycles. The Hall–Kier alpha value is -2.87. The van der Waals surface area contributed by atoms with Gasteiger partial charge in [0.2, 0.25) is 0 Å². The van der Waals surface area contributed by atoms with Gasteiger partial charge in [-0.3, -0.25) is 0 Å². The maximum Gasteiger partial charge on any atom is 0.460 e. The number of halogens is 11. The van der Waals surface area contributed by atoms with E-state index in [9.17, 15) is 49.0 Å². The quantitative estimate of drug-likeness (QED) is 0.374. The third-order valence-electron chi connectivity index (χ3n) is 4.97. The third kappa shape index (κ3) is 4.22. The minimum absolute atomic E-state index is 0.140. The van der Waals surface area contributed by atoms with Crippen LogP contribution in [-0.4, -0.2) is 37.9 Å². The number of aliphatic hydroxyl groups is 1. The molecule has 1 heterocycles. The van der Waals surface area contributed by atoms with Gasteiger partial charge in [0.25, 0.3) is 0 Å². The number of benzene rings is 2. The fourth-order valence-electron chi connectivity index (χ4n) is 3.14. The second-order valence-corrected chi connectivity index (χ2v) is 7.64. The van der Waals surface area contributed by atoms with Gasteiger partial charge in [-0.15, -0.1) is 0 Å². The van der Waals surface area contributed by atoms with E-state index in [4.69, 9.17) is 11.6 Å². The van der Waals surface area contributed by atoms with Crippen LogP contribution in [0.3, 0.4) is 0 Å². The van der Waals surface area contributed by atoms with Crippen LogP contribution in [0.15, 0.2) is 36.4 Å². The van der Waals surface area contributed by atoms with Crippen LogP contribution in [0, 0.1) is 5.82 Å². The summed E-state index contributed by atoms with van der Waals surface area (Å²) >= 11 is 5.92. The standard InChI is InChI=1S/C20H12ClF10N3O/c1-34-16(32-15(33-34)14-12(21)3-2-4-13(14)22)9-5-6-10(8-35)11(7-9)17(23,24)18(25,26)19(27,28)20(29,30)31/h2-7,35H,8H2,1H3. The lowest BCUT2D eigenvalue weighted by Gasteiger charge is -2.34. The molecule has 35 heavy (non-hydrogen) atoms. The number of hydrogen-bond donors (Lipinski definition) is 1. The average molecular weight is 536 g/mol. The zero-order valence-electron chi connectivity index (χ0n) is 17.1. The molecule has 4 nitrogen and oxygen atoms in total. The molecule has 3 rings (SSSR count). The van der Waals surface area contributed by atoms with E-state index in [2.05, 4.69) is 10.1 Å². The lowest BCUT2D eigenvalue weighted by molar-refractivity contribution is -0.399. The Morgan fingerprint density at radius 1 is 0.943 bits per heavy atom. The Bertz CT molecular complexity index is 1240. The summed E-state index contributed by atoms with van der Waals surface area (Å²) in [6, 6.07) is 5.29. The number of alkyl halides is 9. The highest BCUT2D eigenvalue weighted by molar-refractivity contribution is 6.33. The van der Waals surface area contributed by atoms with Crippen LogP contribution in [0.1, 0.15) is 11.1 Å². The summed E-state index contributed by atoms with van der Waals surface area (Å²) in [4.78, 5) is 3.91. The van der Waals surface area contributed by atoms with Gasteiger partial charge in [-0.1, -0.05) is 29.8 Å². The van der Waals surface area contributed by atoms with Crippen molar-refractivity contribution in [2.24, 2.45) is 7.05 Å². The van der Waals surface area contributed by atoms with E-state index in [0.29, 0.717) is 6.07 Å². The first-order chi connectivity index (χ1) is 16.0. The summed E-state index contributed by atoms with van der Waals surface area (Å²) < 4.78 is 137. The molecule has 0 aliphatic rings. The fraction of sp³-hybridized carbons (Fsp3) is 0.300. The van der Waals surface area contributed by atoms with E-state index >= 15 is 0 Å². The van der Waals surface area contributed by atoms with Crippen LogP contribution < -0.4 is 0 Å². The maximum atomic E-state index is 14.6. The summed E-state index contributed by atoms with van der Waals surface area (Å²) in [6.07, 6.45) is -7.01. The molecular weight excluding hydrogens is 524 g/mol. The molecule has 0 saturated carbocycles. The van der Waals surface area contributed by atoms with Crippen molar-refractivity contribution in [1.82, 2.24) is 14.8 Å². The molecule has 0 fully saturated rings. The molecule has 0 aliphatic heterocycles. The van der Waals surface area contributed by atoms with Crippen molar-refractivity contribution < 1.29 is 49.0 Å². The summed E-state index contributed by atoms with van der Waals surface area (Å²) in [7, 11) is 1.19. The highest BCUT2D eigenvalue weighted by Crippen LogP contribution is 2.57. The molecule has 0 unspecified atom stereocenters. The Morgan fingerprint density at radius 3 is 2.11 bits per heavy atom. The van der Waals surface area contributed by atoms with Gasteiger partial charge in [-0.25, -0.2) is 14.1 Å². The average Bonchev–Trinajstić information content (AvgIpc) is 3.13. The number of rotatable bonds is 6. The van der Waals surface area contributed by atoms with Crippen LogP contribution in [0.25, 0.3) is 22.8 Å². The Balaban J connectivity index is 2.19. The van der Waals surface area contributed by atoms with E-state index in [1.807, 2.05) is 0 Å². The molecule has 1 N–H and O–H groups in total. The second-order valence-electron chi connectivity index (χ2n) is 7.23. The normalized spacial score (nSPS) is 13.4. The van der Waals surface area contributed by atoms with Gasteiger partial charge in [0, 0.05) is 18.2 Å². The monoisotopic (exact) mass is 535 g/mol. The maximum absolute atomic E-state index is 14.6. The molecule has 15 heteroatoms. The molecule has 1 aromatic heterocycles. The van der Waals surface area contributed by atoms with E-state index in [0.717, 1.165) is 16.8 Å². The predicted octanol–water partition coefficient (Wildman–Crippen LogP) is 6.36. The number of aryl methyl sites for hydroxylation is 1. The summed E-state index contributed by atoms with van der Waals surface area (Å²) in [5.74, 6) is -21.8. The van der Waals surface area contributed by atoms with Crippen molar-refractivity contribution in [2.45, 2.75) is 30.6 Å². The van der Waals surface area contributed by atoms with Crippen LogP contribution >= 0.6 is 11.6 Å². The lowest BCUT2D eigenvalue weighted by Crippen LogP contribution is -2.59. The first-order valence-electron chi connectivity index (χ1n) is 9.27. The number of aliphatic hydroxyl groups excluding tert-OH is 1. The van der Waals surface area contributed by atoms with Gasteiger partial charge in [0.05, 0.1) is 17.2 Å². The van der Waals surface area contributed by atoms with Crippen molar-refractivity contribution >= 4 is 11.6 Å². The first-order valence-corrected chi connectivity index (χ1v) is 9.65. The van der Waals surface area contributed by atoms with Crippen LogP contribution in [-0.2, 0) is 19.6 Å². The Morgan fingerprint density at radius 2 is 1.57 bits per heavy atom. The Kier molecular flexibility index (Phi) is 6.61. The van der Waals surface area contributed by atoms with Crippen molar-refractivity contribution in [3.63, 3.8) is 0 Å².